The minimum atomic E-state index is -0.317. The number of aromatic amines is 1. The van der Waals surface area contributed by atoms with E-state index in [1.807, 2.05) is 32.0 Å². The Morgan fingerprint density at radius 2 is 2.09 bits per heavy atom. The molecule has 0 saturated carbocycles. The van der Waals surface area contributed by atoms with Gasteiger partial charge in [-0.25, -0.2) is 4.98 Å². The molecule has 2 aromatic carbocycles. The van der Waals surface area contributed by atoms with E-state index < -0.39 is 0 Å². The molecule has 32 heavy (non-hydrogen) atoms. The number of rotatable bonds is 6. The zero-order valence-corrected chi connectivity index (χ0v) is 19.2. The highest BCUT2D eigenvalue weighted by molar-refractivity contribution is 7.99. The molecule has 1 amide bonds. The Kier molecular flexibility index (Phi) is 6.20. The Labute approximate surface area is 193 Å². The SMILES string of the molecule is COc1ccc(-n2c(SCC(=O)Nc3cccc(C)c3C)nc3[nH]ncc3c2=O)cc1Cl. The molecule has 0 atom stereocenters. The van der Waals surface area contributed by atoms with Crippen LogP contribution in [0.4, 0.5) is 5.69 Å². The van der Waals surface area contributed by atoms with Gasteiger partial charge in [-0.15, -0.1) is 0 Å². The van der Waals surface area contributed by atoms with Crippen molar-refractivity contribution in [2.24, 2.45) is 0 Å². The van der Waals surface area contributed by atoms with Crippen molar-refractivity contribution in [2.75, 3.05) is 18.2 Å². The molecule has 0 spiro atoms. The number of H-pyrrole nitrogens is 1. The van der Waals surface area contributed by atoms with Crippen LogP contribution in [0, 0.1) is 13.8 Å². The van der Waals surface area contributed by atoms with E-state index in [-0.39, 0.29) is 17.2 Å². The van der Waals surface area contributed by atoms with Gasteiger partial charge in [0.2, 0.25) is 5.91 Å². The van der Waals surface area contributed by atoms with Gasteiger partial charge in [0.1, 0.15) is 11.1 Å². The molecule has 0 aliphatic rings. The number of anilines is 1. The predicted molar refractivity (Wildman–Crippen MR) is 126 cm³/mol. The fourth-order valence-electron chi connectivity index (χ4n) is 3.20. The van der Waals surface area contributed by atoms with Crippen molar-refractivity contribution in [3.8, 4) is 11.4 Å². The summed E-state index contributed by atoms with van der Waals surface area (Å²) in [7, 11) is 1.52. The van der Waals surface area contributed by atoms with Crippen LogP contribution in [0.1, 0.15) is 11.1 Å². The monoisotopic (exact) mass is 469 g/mol. The third-order valence-corrected chi connectivity index (χ3v) is 6.29. The third-order valence-electron chi connectivity index (χ3n) is 5.06. The summed E-state index contributed by atoms with van der Waals surface area (Å²) >= 11 is 7.42. The molecule has 2 N–H and O–H groups in total. The fraction of sp³-hybridized carbons (Fsp3) is 0.182. The number of fused-ring (bicyclic) bond motifs is 1. The summed E-state index contributed by atoms with van der Waals surface area (Å²) < 4.78 is 6.62. The van der Waals surface area contributed by atoms with Gasteiger partial charge in [0, 0.05) is 5.69 Å². The molecule has 0 aliphatic carbocycles. The highest BCUT2D eigenvalue weighted by Gasteiger charge is 2.17. The maximum Gasteiger partial charge on any atom is 0.269 e. The second-order valence-corrected chi connectivity index (χ2v) is 8.42. The molecule has 10 heteroatoms. The zero-order chi connectivity index (χ0) is 22.8. The van der Waals surface area contributed by atoms with Crippen molar-refractivity contribution in [3.63, 3.8) is 0 Å². The van der Waals surface area contributed by atoms with Crippen molar-refractivity contribution in [3.05, 3.63) is 69.1 Å². The lowest BCUT2D eigenvalue weighted by Gasteiger charge is -2.14. The lowest BCUT2D eigenvalue weighted by atomic mass is 10.1. The molecule has 0 radical (unpaired) electrons. The van der Waals surface area contributed by atoms with Gasteiger partial charge in [-0.3, -0.25) is 19.3 Å². The summed E-state index contributed by atoms with van der Waals surface area (Å²) in [6.07, 6.45) is 1.42. The number of carbonyl (C=O) groups is 1. The van der Waals surface area contributed by atoms with Crippen molar-refractivity contribution in [2.45, 2.75) is 19.0 Å². The highest BCUT2D eigenvalue weighted by atomic mass is 35.5. The van der Waals surface area contributed by atoms with E-state index in [1.54, 1.807) is 18.2 Å². The van der Waals surface area contributed by atoms with Crippen LogP contribution in [0.15, 0.2) is 52.5 Å². The number of carbonyl (C=O) groups excluding carboxylic acids is 1. The Balaban J connectivity index is 1.67. The smallest absolute Gasteiger partial charge is 0.269 e. The van der Waals surface area contributed by atoms with Crippen LogP contribution < -0.4 is 15.6 Å². The number of nitrogens with zero attached hydrogens (tertiary/aromatic N) is 3. The lowest BCUT2D eigenvalue weighted by molar-refractivity contribution is -0.113. The first kappa shape index (κ1) is 21.9. The molecule has 0 saturated heterocycles. The number of amides is 1. The fourth-order valence-corrected chi connectivity index (χ4v) is 4.25. The van der Waals surface area contributed by atoms with Gasteiger partial charge >= 0.3 is 0 Å². The first-order valence-corrected chi connectivity index (χ1v) is 11.0. The molecule has 0 aliphatic heterocycles. The van der Waals surface area contributed by atoms with E-state index in [1.165, 1.54) is 17.9 Å². The number of hydrogen-bond acceptors (Lipinski definition) is 6. The number of hydrogen-bond donors (Lipinski definition) is 2. The van der Waals surface area contributed by atoms with Crippen LogP contribution in [-0.4, -0.2) is 38.5 Å². The van der Waals surface area contributed by atoms with Gasteiger partial charge < -0.3 is 10.1 Å². The second-order valence-electron chi connectivity index (χ2n) is 7.07. The molecule has 0 unspecified atom stereocenters. The van der Waals surface area contributed by atoms with Gasteiger partial charge in [0.25, 0.3) is 5.56 Å². The largest absolute Gasteiger partial charge is 0.495 e. The van der Waals surface area contributed by atoms with E-state index in [0.29, 0.717) is 32.6 Å². The number of aryl methyl sites for hydroxylation is 1. The minimum Gasteiger partial charge on any atom is -0.495 e. The van der Waals surface area contributed by atoms with Gasteiger partial charge in [-0.2, -0.15) is 5.10 Å². The second kappa shape index (κ2) is 9.05. The molecular weight excluding hydrogens is 450 g/mol. The number of thioether (sulfide) groups is 1. The van der Waals surface area contributed by atoms with E-state index in [0.717, 1.165) is 28.6 Å². The minimum absolute atomic E-state index is 0.0589. The van der Waals surface area contributed by atoms with Crippen LogP contribution in [-0.2, 0) is 4.79 Å². The summed E-state index contributed by atoms with van der Waals surface area (Å²) in [6, 6.07) is 10.7. The topological polar surface area (TPSA) is 102 Å². The van der Waals surface area contributed by atoms with E-state index in [2.05, 4.69) is 20.5 Å². The van der Waals surface area contributed by atoms with Crippen molar-refractivity contribution >= 4 is 46.0 Å². The lowest BCUT2D eigenvalue weighted by Crippen LogP contribution is -2.22. The summed E-state index contributed by atoms with van der Waals surface area (Å²) in [5.74, 6) is 0.341. The molecule has 0 fully saturated rings. The quantitative estimate of drug-likeness (QED) is 0.325. The maximum absolute atomic E-state index is 13.2. The number of methoxy groups -OCH3 is 1. The standard InChI is InChI=1S/C22H20ClN5O3S/c1-12-5-4-6-17(13(12)2)25-19(29)11-32-22-26-20-15(10-24-27-20)21(30)28(22)14-7-8-18(31-3)16(23)9-14/h4-10H,11H2,1-3H3,(H,24,27)(H,25,29). The van der Waals surface area contributed by atoms with Crippen molar-refractivity contribution in [1.82, 2.24) is 19.7 Å². The van der Waals surface area contributed by atoms with Crippen LogP contribution in [0.2, 0.25) is 5.02 Å². The number of benzene rings is 2. The third kappa shape index (κ3) is 4.21. The molecular formula is C22H20ClN5O3S. The van der Waals surface area contributed by atoms with Crippen LogP contribution >= 0.6 is 23.4 Å². The summed E-state index contributed by atoms with van der Waals surface area (Å²) in [5, 5.41) is 10.6. The van der Waals surface area contributed by atoms with Crippen molar-refractivity contribution in [1.29, 1.82) is 0 Å². The zero-order valence-electron chi connectivity index (χ0n) is 17.6. The average Bonchev–Trinajstić information content (AvgIpc) is 3.24. The van der Waals surface area contributed by atoms with Gasteiger partial charge in [0.15, 0.2) is 10.8 Å². The van der Waals surface area contributed by atoms with Crippen molar-refractivity contribution < 1.29 is 9.53 Å². The van der Waals surface area contributed by atoms with E-state index >= 15 is 0 Å². The molecule has 4 rings (SSSR count). The number of ether oxygens (including phenoxy) is 1. The first-order chi connectivity index (χ1) is 15.4. The van der Waals surface area contributed by atoms with Gasteiger partial charge in [-0.1, -0.05) is 35.5 Å². The molecule has 0 bridgehead atoms. The van der Waals surface area contributed by atoms with Crippen LogP contribution in [0.3, 0.4) is 0 Å². The number of aromatic nitrogens is 4. The first-order valence-electron chi connectivity index (χ1n) is 9.68. The Hall–Kier alpha value is -3.30. The summed E-state index contributed by atoms with van der Waals surface area (Å²) in [5.41, 5.74) is 3.39. The normalized spacial score (nSPS) is 11.0. The molecule has 2 heterocycles. The Morgan fingerprint density at radius 1 is 1.28 bits per heavy atom. The van der Waals surface area contributed by atoms with Gasteiger partial charge in [0.05, 0.1) is 29.8 Å². The van der Waals surface area contributed by atoms with Gasteiger partial charge in [-0.05, 0) is 49.2 Å². The summed E-state index contributed by atoms with van der Waals surface area (Å²) in [4.78, 5) is 30.3. The molecule has 8 nitrogen and oxygen atoms in total. The average molecular weight is 470 g/mol. The molecule has 4 aromatic rings. The Morgan fingerprint density at radius 3 is 2.84 bits per heavy atom. The maximum atomic E-state index is 13.2. The number of nitrogens with one attached hydrogen (secondary N) is 2. The van der Waals surface area contributed by atoms with E-state index in [4.69, 9.17) is 16.3 Å². The predicted octanol–water partition coefficient (Wildman–Crippen LogP) is 4.12. The number of halogens is 1. The highest BCUT2D eigenvalue weighted by Crippen LogP contribution is 2.28. The molecule has 2 aromatic heterocycles. The Bertz CT molecular complexity index is 1380. The van der Waals surface area contributed by atoms with E-state index in [9.17, 15) is 9.59 Å². The van der Waals surface area contributed by atoms with Crippen LogP contribution in [0.5, 0.6) is 5.75 Å². The van der Waals surface area contributed by atoms with Crippen LogP contribution in [0.25, 0.3) is 16.7 Å². The summed E-state index contributed by atoms with van der Waals surface area (Å²) in [6.45, 7) is 3.94. The molecule has 164 valence electrons.